The largest absolute Gasteiger partial charge is 0.497 e. The topological polar surface area (TPSA) is 51.6 Å². The molecule has 0 unspecified atom stereocenters. The zero-order chi connectivity index (χ0) is 22.1. The summed E-state index contributed by atoms with van der Waals surface area (Å²) in [6.45, 7) is 4.46. The van der Waals surface area contributed by atoms with Crippen LogP contribution in [0.4, 0.5) is 5.69 Å². The summed E-state index contributed by atoms with van der Waals surface area (Å²) in [6, 6.07) is 14.2. The van der Waals surface area contributed by atoms with Crippen LogP contribution in [0.5, 0.6) is 11.5 Å². The highest BCUT2D eigenvalue weighted by Crippen LogP contribution is 2.26. The lowest BCUT2D eigenvalue weighted by Gasteiger charge is -2.27. The van der Waals surface area contributed by atoms with Gasteiger partial charge in [-0.05, 0) is 48.8 Å². The summed E-state index contributed by atoms with van der Waals surface area (Å²) in [6.07, 6.45) is 7.49. The first-order chi connectivity index (χ1) is 15.1. The molecule has 0 saturated heterocycles. The van der Waals surface area contributed by atoms with Gasteiger partial charge in [-0.25, -0.2) is 4.98 Å². The van der Waals surface area contributed by atoms with Gasteiger partial charge in [-0.3, -0.25) is 0 Å². The molecule has 3 rings (SSSR count). The van der Waals surface area contributed by atoms with Gasteiger partial charge in [0, 0.05) is 49.3 Å². The molecule has 0 amide bonds. The van der Waals surface area contributed by atoms with E-state index in [4.69, 9.17) is 21.7 Å². The second-order valence-electron chi connectivity index (χ2n) is 7.19. The van der Waals surface area contributed by atoms with E-state index in [1.54, 1.807) is 20.4 Å². The van der Waals surface area contributed by atoms with Gasteiger partial charge in [0.2, 0.25) is 0 Å². The molecular formula is C24H30N4O2S. The van der Waals surface area contributed by atoms with Crippen LogP contribution in [0.25, 0.3) is 0 Å². The van der Waals surface area contributed by atoms with Crippen LogP contribution < -0.4 is 14.8 Å². The Balaban J connectivity index is 1.77. The average molecular weight is 439 g/mol. The molecule has 2 aromatic carbocycles. The number of aromatic nitrogens is 2. The minimum atomic E-state index is 0.636. The van der Waals surface area contributed by atoms with Crippen LogP contribution >= 0.6 is 12.2 Å². The molecule has 7 heteroatoms. The lowest BCUT2D eigenvalue weighted by Crippen LogP contribution is -2.35. The van der Waals surface area contributed by atoms with Crippen molar-refractivity contribution in [2.24, 2.45) is 0 Å². The third-order valence-electron chi connectivity index (χ3n) is 5.19. The number of ether oxygens (including phenoxy) is 2. The molecule has 0 aliphatic rings. The molecule has 3 aromatic rings. The molecule has 0 saturated carbocycles. The molecule has 1 heterocycles. The second-order valence-corrected chi connectivity index (χ2v) is 7.58. The molecule has 1 N–H and O–H groups in total. The Morgan fingerprint density at radius 3 is 2.68 bits per heavy atom. The van der Waals surface area contributed by atoms with Crippen molar-refractivity contribution in [3.63, 3.8) is 0 Å². The fourth-order valence-electron chi connectivity index (χ4n) is 3.45. The first-order valence-electron chi connectivity index (χ1n) is 10.4. The van der Waals surface area contributed by atoms with Gasteiger partial charge in [0.05, 0.1) is 20.5 Å². The third-order valence-corrected chi connectivity index (χ3v) is 5.55. The van der Waals surface area contributed by atoms with Crippen LogP contribution in [0, 0.1) is 0 Å². The van der Waals surface area contributed by atoms with E-state index >= 15 is 0 Å². The Hall–Kier alpha value is -3.06. The Kier molecular flexibility index (Phi) is 8.29. The summed E-state index contributed by atoms with van der Waals surface area (Å²) < 4.78 is 13.0. The van der Waals surface area contributed by atoms with Crippen molar-refractivity contribution in [3.8, 4) is 11.5 Å². The summed E-state index contributed by atoms with van der Waals surface area (Å²) in [7, 11) is 3.33. The van der Waals surface area contributed by atoms with E-state index in [9.17, 15) is 0 Å². The molecule has 6 nitrogen and oxygen atoms in total. The molecule has 31 heavy (non-hydrogen) atoms. The summed E-state index contributed by atoms with van der Waals surface area (Å²) in [5.41, 5.74) is 3.35. The van der Waals surface area contributed by atoms with Gasteiger partial charge in [0.1, 0.15) is 11.5 Å². The number of aryl methyl sites for hydroxylation is 2. The number of nitrogens with one attached hydrogen (secondary N) is 1. The predicted molar refractivity (Wildman–Crippen MR) is 129 cm³/mol. The fraction of sp³-hybridized carbons (Fsp3) is 0.333. The van der Waals surface area contributed by atoms with E-state index in [1.807, 2.05) is 36.8 Å². The van der Waals surface area contributed by atoms with Crippen LogP contribution in [0.15, 0.2) is 61.2 Å². The molecule has 0 bridgehead atoms. The zero-order valence-corrected chi connectivity index (χ0v) is 19.2. The SMILES string of the molecule is CCc1ccccc1NC(=S)N(CCCn1ccnc1)Cc1ccc(OC)cc1OC. The molecule has 0 atom stereocenters. The number of nitrogens with zero attached hydrogens (tertiary/aromatic N) is 3. The Morgan fingerprint density at radius 1 is 1.13 bits per heavy atom. The summed E-state index contributed by atoms with van der Waals surface area (Å²) in [5.74, 6) is 1.56. The number of anilines is 1. The molecule has 0 radical (unpaired) electrons. The van der Waals surface area contributed by atoms with Gasteiger partial charge >= 0.3 is 0 Å². The zero-order valence-electron chi connectivity index (χ0n) is 18.4. The number of rotatable bonds is 10. The number of para-hydroxylation sites is 1. The van der Waals surface area contributed by atoms with Crippen LogP contribution in [0.1, 0.15) is 24.5 Å². The highest BCUT2D eigenvalue weighted by Gasteiger charge is 2.15. The van der Waals surface area contributed by atoms with Crippen molar-refractivity contribution in [2.75, 3.05) is 26.1 Å². The van der Waals surface area contributed by atoms with Crippen LogP contribution in [-0.4, -0.2) is 40.3 Å². The molecule has 164 valence electrons. The van der Waals surface area contributed by atoms with Crippen molar-refractivity contribution in [3.05, 3.63) is 72.3 Å². The van der Waals surface area contributed by atoms with Crippen molar-refractivity contribution < 1.29 is 9.47 Å². The lowest BCUT2D eigenvalue weighted by molar-refractivity contribution is 0.366. The minimum Gasteiger partial charge on any atom is -0.497 e. The maximum atomic E-state index is 5.84. The van der Waals surface area contributed by atoms with Crippen molar-refractivity contribution >= 4 is 23.0 Å². The normalized spacial score (nSPS) is 10.5. The molecule has 1 aromatic heterocycles. The Bertz CT molecular complexity index is 975. The molecule has 0 aliphatic carbocycles. The highest BCUT2D eigenvalue weighted by atomic mass is 32.1. The monoisotopic (exact) mass is 438 g/mol. The van der Waals surface area contributed by atoms with E-state index < -0.39 is 0 Å². The van der Waals surface area contributed by atoms with Gasteiger partial charge in [-0.2, -0.15) is 0 Å². The van der Waals surface area contributed by atoms with Gasteiger partial charge in [-0.1, -0.05) is 25.1 Å². The predicted octanol–water partition coefficient (Wildman–Crippen LogP) is 4.75. The lowest BCUT2D eigenvalue weighted by atomic mass is 10.1. The highest BCUT2D eigenvalue weighted by molar-refractivity contribution is 7.80. The first kappa shape index (κ1) is 22.6. The number of methoxy groups -OCH3 is 2. The van der Waals surface area contributed by atoms with Crippen LogP contribution in [-0.2, 0) is 19.5 Å². The second kappa shape index (κ2) is 11.4. The molecular weight excluding hydrogens is 408 g/mol. The van der Waals surface area contributed by atoms with Crippen molar-refractivity contribution in [1.82, 2.24) is 14.5 Å². The Morgan fingerprint density at radius 2 is 1.97 bits per heavy atom. The van der Waals surface area contributed by atoms with E-state index in [1.165, 1.54) is 5.56 Å². The maximum Gasteiger partial charge on any atom is 0.173 e. The van der Waals surface area contributed by atoms with E-state index in [0.29, 0.717) is 11.7 Å². The quantitative estimate of drug-likeness (QED) is 0.461. The smallest absolute Gasteiger partial charge is 0.173 e. The average Bonchev–Trinajstić information content (AvgIpc) is 3.32. The third kappa shape index (κ3) is 6.21. The molecule has 0 aliphatic heterocycles. The summed E-state index contributed by atoms with van der Waals surface area (Å²) in [5, 5.41) is 4.16. The van der Waals surface area contributed by atoms with Gasteiger partial charge in [-0.15, -0.1) is 0 Å². The first-order valence-corrected chi connectivity index (χ1v) is 10.9. The van der Waals surface area contributed by atoms with Crippen LogP contribution in [0.3, 0.4) is 0 Å². The van der Waals surface area contributed by atoms with Gasteiger partial charge in [0.25, 0.3) is 0 Å². The van der Waals surface area contributed by atoms with Gasteiger partial charge in [0.15, 0.2) is 5.11 Å². The number of benzene rings is 2. The number of thiocarbonyl (C=S) groups is 1. The number of hydrogen-bond donors (Lipinski definition) is 1. The molecule has 0 spiro atoms. The summed E-state index contributed by atoms with van der Waals surface area (Å²) in [4.78, 5) is 6.30. The van der Waals surface area contributed by atoms with Crippen LogP contribution in [0.2, 0.25) is 0 Å². The number of imidazole rings is 1. The van der Waals surface area contributed by atoms with Gasteiger partial charge < -0.3 is 24.3 Å². The Labute approximate surface area is 189 Å². The number of hydrogen-bond acceptors (Lipinski definition) is 4. The fourth-order valence-corrected chi connectivity index (χ4v) is 3.71. The van der Waals surface area contributed by atoms with E-state index in [0.717, 1.165) is 48.7 Å². The minimum absolute atomic E-state index is 0.636. The summed E-state index contributed by atoms with van der Waals surface area (Å²) >= 11 is 5.84. The van der Waals surface area contributed by atoms with E-state index in [-0.39, 0.29) is 0 Å². The van der Waals surface area contributed by atoms with Crippen molar-refractivity contribution in [1.29, 1.82) is 0 Å². The standard InChI is InChI=1S/C24H30N4O2S/c1-4-19-8-5-6-9-22(19)26-24(31)28(14-7-13-27-15-12-25-18-27)17-20-10-11-21(29-2)16-23(20)30-3/h5-6,8-12,15-16,18H,4,7,13-14,17H2,1-3H3,(H,26,31). The van der Waals surface area contributed by atoms with Crippen molar-refractivity contribution in [2.45, 2.75) is 32.9 Å². The van der Waals surface area contributed by atoms with E-state index in [2.05, 4.69) is 44.9 Å². The maximum absolute atomic E-state index is 5.84. The molecule has 0 fully saturated rings.